The summed E-state index contributed by atoms with van der Waals surface area (Å²) in [7, 11) is 0. The van der Waals surface area contributed by atoms with Crippen LogP contribution in [0.25, 0.3) is 0 Å². The summed E-state index contributed by atoms with van der Waals surface area (Å²) in [6.45, 7) is 4.93. The predicted octanol–water partition coefficient (Wildman–Crippen LogP) is 3.32. The molecule has 1 aromatic rings. The summed E-state index contributed by atoms with van der Waals surface area (Å²) in [5, 5.41) is 6.28. The van der Waals surface area contributed by atoms with Gasteiger partial charge in [0, 0.05) is 6.54 Å². The van der Waals surface area contributed by atoms with Crippen molar-refractivity contribution in [3.63, 3.8) is 0 Å². The van der Waals surface area contributed by atoms with Crippen molar-refractivity contribution in [3.8, 4) is 0 Å². The Kier molecular flexibility index (Phi) is 6.95. The Hall–Kier alpha value is -1.14. The van der Waals surface area contributed by atoms with Gasteiger partial charge in [-0.05, 0) is 50.2 Å². The largest absolute Gasteiger partial charge is 0.419 e. The molecule has 6 heteroatoms. The van der Waals surface area contributed by atoms with Crippen LogP contribution in [0.2, 0.25) is 0 Å². The molecule has 0 aliphatic heterocycles. The second-order valence-corrected chi connectivity index (χ2v) is 4.59. The second kappa shape index (κ2) is 8.21. The molecule has 0 heterocycles. The Morgan fingerprint density at radius 3 is 2.40 bits per heavy atom. The number of nitrogens with one attached hydrogen (secondary N) is 2. The summed E-state index contributed by atoms with van der Waals surface area (Å²) in [4.78, 5) is 0. The van der Waals surface area contributed by atoms with Gasteiger partial charge < -0.3 is 10.6 Å². The van der Waals surface area contributed by atoms with E-state index in [1.807, 2.05) is 0 Å². The van der Waals surface area contributed by atoms with E-state index in [1.54, 1.807) is 0 Å². The molecule has 0 unspecified atom stereocenters. The van der Waals surface area contributed by atoms with Crippen molar-refractivity contribution in [2.75, 3.05) is 19.6 Å². The highest BCUT2D eigenvalue weighted by Crippen LogP contribution is 2.31. The second-order valence-electron chi connectivity index (χ2n) is 4.59. The molecule has 2 nitrogen and oxygen atoms in total. The van der Waals surface area contributed by atoms with Crippen LogP contribution in [0, 0.1) is 5.82 Å². The first-order valence-electron chi connectivity index (χ1n) is 6.72. The SMILES string of the molecule is CCCNCCCNCc1ccc(F)c(C(F)(F)F)c1. The lowest BCUT2D eigenvalue weighted by Gasteiger charge is -2.11. The van der Waals surface area contributed by atoms with Gasteiger partial charge in [0.25, 0.3) is 0 Å². The number of halogens is 4. The van der Waals surface area contributed by atoms with Gasteiger partial charge in [-0.1, -0.05) is 13.0 Å². The maximum Gasteiger partial charge on any atom is 0.419 e. The molecule has 0 saturated carbocycles. The van der Waals surface area contributed by atoms with Crippen LogP contribution in [0.1, 0.15) is 30.9 Å². The van der Waals surface area contributed by atoms with E-state index in [0.717, 1.165) is 38.1 Å². The first-order chi connectivity index (χ1) is 9.45. The van der Waals surface area contributed by atoms with Gasteiger partial charge in [0.1, 0.15) is 5.82 Å². The van der Waals surface area contributed by atoms with E-state index < -0.39 is 17.6 Å². The molecule has 20 heavy (non-hydrogen) atoms. The third-order valence-corrected chi connectivity index (χ3v) is 2.80. The van der Waals surface area contributed by atoms with Gasteiger partial charge >= 0.3 is 6.18 Å². The van der Waals surface area contributed by atoms with Gasteiger partial charge in [-0.15, -0.1) is 0 Å². The quantitative estimate of drug-likeness (QED) is 0.567. The van der Waals surface area contributed by atoms with E-state index in [1.165, 1.54) is 6.07 Å². The molecule has 0 amide bonds. The van der Waals surface area contributed by atoms with E-state index in [-0.39, 0.29) is 0 Å². The van der Waals surface area contributed by atoms with Crippen molar-refractivity contribution in [2.24, 2.45) is 0 Å². The minimum Gasteiger partial charge on any atom is -0.317 e. The lowest BCUT2D eigenvalue weighted by molar-refractivity contribution is -0.140. The molecule has 114 valence electrons. The van der Waals surface area contributed by atoms with Crippen LogP contribution in [0.4, 0.5) is 17.6 Å². The van der Waals surface area contributed by atoms with Crippen LogP contribution in [0.15, 0.2) is 18.2 Å². The maximum absolute atomic E-state index is 13.1. The molecule has 0 aliphatic carbocycles. The molecule has 1 rings (SSSR count). The number of rotatable bonds is 8. The van der Waals surface area contributed by atoms with Crippen molar-refractivity contribution in [1.82, 2.24) is 10.6 Å². The van der Waals surface area contributed by atoms with Crippen molar-refractivity contribution in [2.45, 2.75) is 32.5 Å². The molecule has 0 bridgehead atoms. The molecule has 0 aromatic heterocycles. The zero-order valence-electron chi connectivity index (χ0n) is 11.5. The van der Waals surface area contributed by atoms with Crippen LogP contribution in [0.5, 0.6) is 0 Å². The fraction of sp³-hybridized carbons (Fsp3) is 0.571. The zero-order chi connectivity index (χ0) is 15.0. The smallest absolute Gasteiger partial charge is 0.317 e. The number of hydrogen-bond donors (Lipinski definition) is 2. The molecule has 0 saturated heterocycles. The van der Waals surface area contributed by atoms with Crippen LogP contribution < -0.4 is 10.6 Å². The Balaban J connectivity index is 2.38. The molecular weight excluding hydrogens is 272 g/mol. The van der Waals surface area contributed by atoms with E-state index in [4.69, 9.17) is 0 Å². The highest BCUT2D eigenvalue weighted by atomic mass is 19.4. The third kappa shape index (κ3) is 5.88. The molecule has 0 atom stereocenters. The first-order valence-corrected chi connectivity index (χ1v) is 6.72. The molecule has 0 aliphatic rings. The van der Waals surface area contributed by atoms with Crippen LogP contribution in [0.3, 0.4) is 0 Å². The monoisotopic (exact) mass is 292 g/mol. The lowest BCUT2D eigenvalue weighted by atomic mass is 10.1. The predicted molar refractivity (Wildman–Crippen MR) is 70.9 cm³/mol. The van der Waals surface area contributed by atoms with Gasteiger partial charge in [-0.2, -0.15) is 13.2 Å². The molecule has 0 spiro atoms. The summed E-state index contributed by atoms with van der Waals surface area (Å²) < 4.78 is 50.6. The summed E-state index contributed by atoms with van der Waals surface area (Å²) >= 11 is 0. The number of benzene rings is 1. The third-order valence-electron chi connectivity index (χ3n) is 2.80. The Morgan fingerprint density at radius 1 is 1.05 bits per heavy atom. The Morgan fingerprint density at radius 2 is 1.75 bits per heavy atom. The van der Waals surface area contributed by atoms with E-state index in [0.29, 0.717) is 18.7 Å². The highest BCUT2D eigenvalue weighted by molar-refractivity contribution is 5.27. The van der Waals surface area contributed by atoms with Crippen LogP contribution in [-0.4, -0.2) is 19.6 Å². The summed E-state index contributed by atoms with van der Waals surface area (Å²) in [5.74, 6) is -1.23. The average Bonchev–Trinajstić information content (AvgIpc) is 2.38. The molecule has 0 fully saturated rings. The number of alkyl halides is 3. The van der Waals surface area contributed by atoms with Crippen LogP contribution in [-0.2, 0) is 12.7 Å². The van der Waals surface area contributed by atoms with Gasteiger partial charge in [0.15, 0.2) is 0 Å². The summed E-state index contributed by atoms with van der Waals surface area (Å²) in [5.41, 5.74) is -0.776. The Bertz CT molecular complexity index is 405. The van der Waals surface area contributed by atoms with E-state index >= 15 is 0 Å². The summed E-state index contributed by atoms with van der Waals surface area (Å²) in [6.07, 6.45) is -2.68. The normalized spacial score (nSPS) is 11.8. The zero-order valence-corrected chi connectivity index (χ0v) is 11.5. The van der Waals surface area contributed by atoms with Crippen molar-refractivity contribution < 1.29 is 17.6 Å². The number of hydrogen-bond acceptors (Lipinski definition) is 2. The van der Waals surface area contributed by atoms with Gasteiger partial charge in [-0.3, -0.25) is 0 Å². The van der Waals surface area contributed by atoms with E-state index in [9.17, 15) is 17.6 Å². The van der Waals surface area contributed by atoms with Crippen LogP contribution >= 0.6 is 0 Å². The lowest BCUT2D eigenvalue weighted by Crippen LogP contribution is -2.22. The minimum absolute atomic E-state index is 0.303. The topological polar surface area (TPSA) is 24.1 Å². The van der Waals surface area contributed by atoms with E-state index in [2.05, 4.69) is 17.6 Å². The highest BCUT2D eigenvalue weighted by Gasteiger charge is 2.34. The Labute approximate surface area is 116 Å². The molecular formula is C14H20F4N2. The van der Waals surface area contributed by atoms with Crippen molar-refractivity contribution >= 4 is 0 Å². The van der Waals surface area contributed by atoms with Crippen molar-refractivity contribution in [3.05, 3.63) is 35.1 Å². The van der Waals surface area contributed by atoms with Gasteiger partial charge in [0.05, 0.1) is 5.56 Å². The minimum atomic E-state index is -4.65. The summed E-state index contributed by atoms with van der Waals surface area (Å²) in [6, 6.07) is 3.09. The molecule has 2 N–H and O–H groups in total. The van der Waals surface area contributed by atoms with Gasteiger partial charge in [-0.25, -0.2) is 4.39 Å². The standard InChI is InChI=1S/C14H20F4N2/c1-2-6-19-7-3-8-20-10-11-4-5-13(15)12(9-11)14(16,17)18/h4-5,9,19-20H,2-3,6-8,10H2,1H3. The molecule has 1 aromatic carbocycles. The average molecular weight is 292 g/mol. The van der Waals surface area contributed by atoms with Gasteiger partial charge in [0.2, 0.25) is 0 Å². The fourth-order valence-electron chi connectivity index (χ4n) is 1.77. The van der Waals surface area contributed by atoms with Crippen molar-refractivity contribution in [1.29, 1.82) is 0 Å². The molecule has 0 radical (unpaired) electrons. The first kappa shape index (κ1) is 16.9. The maximum atomic E-state index is 13.1. The fourth-order valence-corrected chi connectivity index (χ4v) is 1.77.